The first-order valence-electron chi connectivity index (χ1n) is 27.0. The Balaban J connectivity index is 1.11. The molecule has 10 N–H and O–H groups in total. The van der Waals surface area contributed by atoms with Crippen molar-refractivity contribution in [3.8, 4) is 5.75 Å². The Hall–Kier alpha value is -8.55. The van der Waals surface area contributed by atoms with Gasteiger partial charge in [-0.3, -0.25) is 28.8 Å². The number of H-pyrrole nitrogens is 1. The summed E-state index contributed by atoms with van der Waals surface area (Å²) in [6.07, 6.45) is 1.35. The molecule has 19 nitrogen and oxygen atoms in total. The number of nitrogens with zero attached hydrogens (tertiary/aromatic N) is 1. The van der Waals surface area contributed by atoms with Crippen LogP contribution in [-0.2, 0) is 59.4 Å². The van der Waals surface area contributed by atoms with Crippen LogP contribution in [0, 0.1) is 5.92 Å². The van der Waals surface area contributed by atoms with Crippen molar-refractivity contribution in [2.45, 2.75) is 93.9 Å². The summed E-state index contributed by atoms with van der Waals surface area (Å²) >= 11 is 0. The van der Waals surface area contributed by atoms with Gasteiger partial charge in [0.15, 0.2) is 0 Å². The number of alkyl carbamates (subject to hydrolysis) is 1. The molecular formula is C60H68N10O9. The summed E-state index contributed by atoms with van der Waals surface area (Å²) in [6.45, 7) is 1.74. The zero-order chi connectivity index (χ0) is 55.1. The fourth-order valence-electron chi connectivity index (χ4n) is 10.6. The van der Waals surface area contributed by atoms with Gasteiger partial charge in [0.05, 0.1) is 6.54 Å². The van der Waals surface area contributed by atoms with Gasteiger partial charge in [-0.05, 0) is 84.3 Å². The maximum atomic E-state index is 15.4. The zero-order valence-electron chi connectivity index (χ0n) is 43.9. The molecule has 0 spiro atoms. The number of piperidine rings is 1. The summed E-state index contributed by atoms with van der Waals surface area (Å²) in [5.74, 6) is -3.59. The van der Waals surface area contributed by atoms with Gasteiger partial charge in [0.2, 0.25) is 35.4 Å². The highest BCUT2D eigenvalue weighted by molar-refractivity contribution is 5.99. The number of aromatic amines is 1. The Morgan fingerprint density at radius 1 is 0.608 bits per heavy atom. The molecule has 19 heteroatoms. The normalized spacial score (nSPS) is 22.7. The van der Waals surface area contributed by atoms with Crippen LogP contribution in [0.2, 0.25) is 0 Å². The summed E-state index contributed by atoms with van der Waals surface area (Å²) in [4.78, 5) is 108. The van der Waals surface area contributed by atoms with Crippen molar-refractivity contribution in [3.05, 3.63) is 174 Å². The Kier molecular flexibility index (Phi) is 18.6. The van der Waals surface area contributed by atoms with E-state index >= 15 is 28.8 Å². The standard InChI is InChI=1S/C60H68N10O9/c61-26-29-63-60(77)79-45-34-52-57(74)69-53(42-16-8-3-9-17-42)58(75)67-50(33-43-35-64-47-19-11-10-18-46(43)47)56(73)66-49(31-40-24-27-62-28-25-40)54(71)65-48(30-39-20-22-44(23-21-39)78-37-41-14-6-2-7-15-41)55(72)68-51(59(76)70(52)36-45)32-38-12-4-1-5-13-38/h1-23,35,40,45,48-53,62,64H,24-34,36-37,61H2,(H,63,77)(H,65,71)(H,66,73)(H,67,75)(H,68,72)(H,69,74)/t45-,48+,49?,50-,51?,52+,53+/m1/s1. The quantitative estimate of drug-likeness (QED) is 0.0717. The summed E-state index contributed by atoms with van der Waals surface area (Å²) in [6, 6.07) is 34.0. The number of nitrogens with two attached hydrogens (primary N) is 1. The number of aromatic nitrogens is 1. The van der Waals surface area contributed by atoms with E-state index in [0.29, 0.717) is 47.7 Å². The number of carbonyl (C=O) groups excluding carboxylic acids is 7. The first-order valence-corrected chi connectivity index (χ1v) is 27.0. The predicted molar refractivity (Wildman–Crippen MR) is 296 cm³/mol. The molecule has 0 radical (unpaired) electrons. The first-order chi connectivity index (χ1) is 38.5. The van der Waals surface area contributed by atoms with Crippen molar-refractivity contribution >= 4 is 52.4 Å². The Morgan fingerprint density at radius 3 is 1.90 bits per heavy atom. The van der Waals surface area contributed by atoms with E-state index in [0.717, 1.165) is 29.3 Å². The van der Waals surface area contributed by atoms with Crippen molar-refractivity contribution in [1.82, 2.24) is 47.1 Å². The zero-order valence-corrected chi connectivity index (χ0v) is 43.9. The number of fused-ring (bicyclic) bond motifs is 2. The van der Waals surface area contributed by atoms with E-state index in [1.807, 2.05) is 60.7 Å². The van der Waals surface area contributed by atoms with E-state index in [2.05, 4.69) is 42.2 Å². The maximum Gasteiger partial charge on any atom is 0.407 e. The van der Waals surface area contributed by atoms with Crippen LogP contribution in [0.15, 0.2) is 146 Å². The fourth-order valence-corrected chi connectivity index (χ4v) is 10.6. The lowest BCUT2D eigenvalue weighted by Crippen LogP contribution is -2.61. The van der Waals surface area contributed by atoms with Gasteiger partial charge in [0.25, 0.3) is 0 Å². The third kappa shape index (κ3) is 14.7. The summed E-state index contributed by atoms with van der Waals surface area (Å²) in [7, 11) is 0. The highest BCUT2D eigenvalue weighted by atomic mass is 16.6. The van der Waals surface area contributed by atoms with Gasteiger partial charge in [-0.15, -0.1) is 0 Å². The molecule has 79 heavy (non-hydrogen) atoms. The largest absolute Gasteiger partial charge is 0.489 e. The molecule has 2 unspecified atom stereocenters. The van der Waals surface area contributed by atoms with Crippen LogP contribution in [-0.4, -0.2) is 120 Å². The fraction of sp³-hybridized carbons (Fsp3) is 0.350. The van der Waals surface area contributed by atoms with Crippen molar-refractivity contribution < 1.29 is 43.0 Å². The highest BCUT2D eigenvalue weighted by Crippen LogP contribution is 2.27. The van der Waals surface area contributed by atoms with E-state index in [1.165, 1.54) is 4.90 Å². The monoisotopic (exact) mass is 1070 g/mol. The van der Waals surface area contributed by atoms with Gasteiger partial charge < -0.3 is 62.3 Å². The smallest absolute Gasteiger partial charge is 0.407 e. The lowest BCUT2D eigenvalue weighted by molar-refractivity contribution is -0.143. The average molecular weight is 1070 g/mol. The Morgan fingerprint density at radius 2 is 1.19 bits per heavy atom. The third-order valence-electron chi connectivity index (χ3n) is 14.8. The highest BCUT2D eigenvalue weighted by Gasteiger charge is 2.45. The lowest BCUT2D eigenvalue weighted by atomic mass is 9.90. The number of para-hydroxylation sites is 1. The molecule has 6 aromatic rings. The summed E-state index contributed by atoms with van der Waals surface area (Å²) < 4.78 is 11.8. The van der Waals surface area contributed by atoms with Gasteiger partial charge in [-0.25, -0.2) is 4.79 Å². The van der Waals surface area contributed by atoms with E-state index in [1.54, 1.807) is 85.1 Å². The van der Waals surface area contributed by atoms with Crippen LogP contribution >= 0.6 is 0 Å². The van der Waals surface area contributed by atoms with Gasteiger partial charge in [-0.1, -0.05) is 121 Å². The number of nitrogens with one attached hydrogen (secondary N) is 8. The molecule has 3 fully saturated rings. The molecule has 1 aromatic heterocycles. The average Bonchev–Trinajstić information content (AvgIpc) is 4.19. The SMILES string of the molecule is NCCNC(=O)O[C@@H]1C[C@H]2C(=O)N[C@@H](c3ccccc3)C(=O)N[C@H](Cc3c[nH]c4ccccc34)C(=O)NC(CC3CCNCC3)C(=O)N[C@@H](Cc3ccc(OCc4ccccc4)cc3)C(=O)NC(Cc3ccccc3)C(=O)N2C1. The molecule has 0 saturated carbocycles. The van der Waals surface area contributed by atoms with Gasteiger partial charge >= 0.3 is 6.09 Å². The van der Waals surface area contributed by atoms with Gasteiger partial charge in [0.1, 0.15) is 54.7 Å². The minimum absolute atomic E-state index is 0.00557. The van der Waals surface area contributed by atoms with E-state index in [4.69, 9.17) is 15.2 Å². The van der Waals surface area contributed by atoms with Crippen molar-refractivity contribution in [3.63, 3.8) is 0 Å². The molecule has 0 bridgehead atoms. The van der Waals surface area contributed by atoms with Crippen LogP contribution in [0.3, 0.4) is 0 Å². The van der Waals surface area contributed by atoms with Crippen LogP contribution < -0.4 is 47.7 Å². The van der Waals surface area contributed by atoms with Crippen LogP contribution in [0.5, 0.6) is 5.75 Å². The molecule has 4 heterocycles. The van der Waals surface area contributed by atoms with Crippen LogP contribution in [0.1, 0.15) is 59.5 Å². The first kappa shape index (κ1) is 55.2. The van der Waals surface area contributed by atoms with Crippen molar-refractivity contribution in [2.24, 2.45) is 11.7 Å². The lowest BCUT2D eigenvalue weighted by Gasteiger charge is -2.32. The van der Waals surface area contributed by atoms with E-state index in [9.17, 15) is 4.79 Å². The van der Waals surface area contributed by atoms with E-state index < -0.39 is 83.9 Å². The minimum Gasteiger partial charge on any atom is -0.489 e. The Bertz CT molecular complexity index is 3050. The maximum absolute atomic E-state index is 15.4. The number of ether oxygens (including phenoxy) is 2. The van der Waals surface area contributed by atoms with Gasteiger partial charge in [0, 0.05) is 55.9 Å². The number of benzene rings is 5. The second-order valence-electron chi connectivity index (χ2n) is 20.4. The number of hydrogen-bond acceptors (Lipinski definition) is 11. The van der Waals surface area contributed by atoms with Crippen molar-refractivity contribution in [1.29, 1.82) is 0 Å². The predicted octanol–water partition coefficient (Wildman–Crippen LogP) is 3.63. The minimum atomic E-state index is -1.41. The molecule has 3 saturated heterocycles. The topological polar surface area (TPSA) is 267 Å². The molecular weight excluding hydrogens is 1000 g/mol. The molecule has 5 aromatic carbocycles. The van der Waals surface area contributed by atoms with E-state index in [-0.39, 0.29) is 57.7 Å². The molecule has 9 rings (SSSR count). The third-order valence-corrected chi connectivity index (χ3v) is 14.8. The number of carbonyl (C=O) groups is 7. The second-order valence-corrected chi connectivity index (χ2v) is 20.4. The molecule has 7 atom stereocenters. The molecule has 7 amide bonds. The molecule has 0 aliphatic carbocycles. The van der Waals surface area contributed by atoms with Crippen LogP contribution in [0.4, 0.5) is 4.79 Å². The number of amides is 7. The second kappa shape index (κ2) is 26.7. The van der Waals surface area contributed by atoms with Gasteiger partial charge in [-0.2, -0.15) is 0 Å². The summed E-state index contributed by atoms with van der Waals surface area (Å²) in [5, 5.41) is 21.5. The van der Waals surface area contributed by atoms with Crippen molar-refractivity contribution in [2.75, 3.05) is 32.7 Å². The van der Waals surface area contributed by atoms with Crippen LogP contribution in [0.25, 0.3) is 10.9 Å². The number of rotatable bonds is 15. The summed E-state index contributed by atoms with van der Waals surface area (Å²) in [5.41, 5.74) is 9.84. The molecule has 3 aliphatic heterocycles. The number of hydrogen-bond donors (Lipinski definition) is 9. The Labute approximate surface area is 458 Å². The molecule has 3 aliphatic rings. The molecule has 412 valence electrons.